The maximum atomic E-state index is 9.41. The van der Waals surface area contributed by atoms with Gasteiger partial charge in [-0.1, -0.05) is 6.92 Å². The lowest BCUT2D eigenvalue weighted by molar-refractivity contribution is 0.00537. The molecule has 3 N–H and O–H groups in total. The molecule has 0 aliphatic rings. The molecule has 86 valence electrons. The van der Waals surface area contributed by atoms with Crippen LogP contribution in [0.3, 0.4) is 0 Å². The molecule has 4 nitrogen and oxygen atoms in total. The van der Waals surface area contributed by atoms with Gasteiger partial charge in [-0.3, -0.25) is 0 Å². The van der Waals surface area contributed by atoms with E-state index in [1.54, 1.807) is 0 Å². The van der Waals surface area contributed by atoms with Crippen LogP contribution < -0.4 is 5.32 Å². The van der Waals surface area contributed by atoms with Gasteiger partial charge in [0.15, 0.2) is 0 Å². The van der Waals surface area contributed by atoms with Gasteiger partial charge in [-0.25, -0.2) is 0 Å². The summed E-state index contributed by atoms with van der Waals surface area (Å²) >= 11 is 0. The van der Waals surface area contributed by atoms with E-state index in [1.165, 1.54) is 0 Å². The van der Waals surface area contributed by atoms with E-state index in [1.807, 2.05) is 20.8 Å². The molecule has 2 unspecified atom stereocenters. The summed E-state index contributed by atoms with van der Waals surface area (Å²) < 4.78 is 5.23. The Bertz CT molecular complexity index is 131. The summed E-state index contributed by atoms with van der Waals surface area (Å²) in [5.41, 5.74) is 0. The molecule has 0 bridgehead atoms. The lowest BCUT2D eigenvalue weighted by Gasteiger charge is -2.15. The predicted molar refractivity (Wildman–Crippen MR) is 56.3 cm³/mol. The van der Waals surface area contributed by atoms with Gasteiger partial charge in [0, 0.05) is 13.1 Å². The van der Waals surface area contributed by atoms with Crippen molar-refractivity contribution in [1.29, 1.82) is 0 Å². The number of hydrogen-bond donors (Lipinski definition) is 3. The minimum Gasteiger partial charge on any atom is -0.392 e. The summed E-state index contributed by atoms with van der Waals surface area (Å²) in [6, 6.07) is 0. The van der Waals surface area contributed by atoms with Crippen LogP contribution in [0.1, 0.15) is 27.2 Å². The number of hydrogen-bond acceptors (Lipinski definition) is 4. The van der Waals surface area contributed by atoms with E-state index in [9.17, 15) is 10.2 Å². The Morgan fingerprint density at radius 2 is 1.71 bits per heavy atom. The second-order valence-corrected chi connectivity index (χ2v) is 3.76. The van der Waals surface area contributed by atoms with E-state index in [0.29, 0.717) is 19.7 Å². The zero-order valence-corrected chi connectivity index (χ0v) is 9.36. The molecule has 4 heteroatoms. The van der Waals surface area contributed by atoms with Crippen LogP contribution in [-0.2, 0) is 4.74 Å². The number of aliphatic hydroxyl groups is 2. The maximum absolute atomic E-state index is 9.41. The molecule has 0 aromatic carbocycles. The van der Waals surface area contributed by atoms with Gasteiger partial charge in [0.2, 0.25) is 0 Å². The molecule has 0 fully saturated rings. The fraction of sp³-hybridized carbons (Fsp3) is 1.00. The highest BCUT2D eigenvalue weighted by Gasteiger charge is 2.06. The highest BCUT2D eigenvalue weighted by atomic mass is 16.5. The van der Waals surface area contributed by atoms with Crippen molar-refractivity contribution in [2.45, 2.75) is 45.5 Å². The van der Waals surface area contributed by atoms with Crippen molar-refractivity contribution >= 4 is 0 Å². The molecule has 0 saturated heterocycles. The van der Waals surface area contributed by atoms with E-state index in [2.05, 4.69) is 5.32 Å². The van der Waals surface area contributed by atoms with E-state index in [4.69, 9.17) is 4.74 Å². The third-order valence-electron chi connectivity index (χ3n) is 1.85. The van der Waals surface area contributed by atoms with Gasteiger partial charge in [-0.15, -0.1) is 0 Å². The topological polar surface area (TPSA) is 61.7 Å². The van der Waals surface area contributed by atoms with Crippen molar-refractivity contribution in [1.82, 2.24) is 5.32 Å². The number of rotatable bonds is 8. The van der Waals surface area contributed by atoms with Crippen LogP contribution in [0.2, 0.25) is 0 Å². The number of ether oxygens (including phenoxy) is 1. The van der Waals surface area contributed by atoms with Gasteiger partial charge in [-0.05, 0) is 20.3 Å². The quantitative estimate of drug-likeness (QED) is 0.527. The van der Waals surface area contributed by atoms with Gasteiger partial charge in [0.1, 0.15) is 0 Å². The van der Waals surface area contributed by atoms with Crippen LogP contribution >= 0.6 is 0 Å². The van der Waals surface area contributed by atoms with Crippen molar-refractivity contribution < 1.29 is 14.9 Å². The Labute approximate surface area is 86.3 Å². The second-order valence-electron chi connectivity index (χ2n) is 3.76. The van der Waals surface area contributed by atoms with Crippen molar-refractivity contribution in [2.24, 2.45) is 0 Å². The predicted octanol–water partition coefficient (Wildman–Crippen LogP) is 0.133. The summed E-state index contributed by atoms with van der Waals surface area (Å²) in [6.07, 6.45) is 0.0477. The first-order valence-electron chi connectivity index (χ1n) is 5.24. The van der Waals surface area contributed by atoms with E-state index >= 15 is 0 Å². The van der Waals surface area contributed by atoms with Crippen LogP contribution in [0, 0.1) is 0 Å². The monoisotopic (exact) mass is 205 g/mol. The SMILES string of the molecule is CCC(O)CNCC(O)COC(C)C. The molecule has 0 spiro atoms. The lowest BCUT2D eigenvalue weighted by Crippen LogP contribution is -2.35. The normalized spacial score (nSPS) is 15.9. The van der Waals surface area contributed by atoms with Crippen LogP contribution in [0.5, 0.6) is 0 Å². The highest BCUT2D eigenvalue weighted by molar-refractivity contribution is 4.62. The molecule has 2 atom stereocenters. The van der Waals surface area contributed by atoms with Gasteiger partial charge in [-0.2, -0.15) is 0 Å². The van der Waals surface area contributed by atoms with Gasteiger partial charge in [0.05, 0.1) is 24.9 Å². The Hall–Kier alpha value is -0.160. The molecule has 0 amide bonds. The summed E-state index contributed by atoms with van der Waals surface area (Å²) in [7, 11) is 0. The molecule has 0 saturated carbocycles. The number of aliphatic hydroxyl groups excluding tert-OH is 2. The van der Waals surface area contributed by atoms with E-state index in [0.717, 1.165) is 6.42 Å². The Morgan fingerprint density at radius 3 is 2.21 bits per heavy atom. The molecule has 0 rings (SSSR count). The summed E-state index contributed by atoms with van der Waals surface area (Å²) in [4.78, 5) is 0. The molecule has 0 aromatic rings. The number of nitrogens with one attached hydrogen (secondary N) is 1. The molecule has 0 aliphatic heterocycles. The van der Waals surface area contributed by atoms with Gasteiger partial charge in [0.25, 0.3) is 0 Å². The molecular weight excluding hydrogens is 182 g/mol. The van der Waals surface area contributed by atoms with Crippen molar-refractivity contribution in [3.05, 3.63) is 0 Å². The van der Waals surface area contributed by atoms with Gasteiger partial charge >= 0.3 is 0 Å². The Kier molecular flexibility index (Phi) is 8.08. The Morgan fingerprint density at radius 1 is 1.14 bits per heavy atom. The van der Waals surface area contributed by atoms with Crippen LogP contribution in [0.4, 0.5) is 0 Å². The zero-order chi connectivity index (χ0) is 11.0. The molecule has 0 heterocycles. The molecule has 14 heavy (non-hydrogen) atoms. The summed E-state index contributed by atoms with van der Waals surface area (Å²) in [5, 5.41) is 21.6. The maximum Gasteiger partial charge on any atom is 0.0897 e. The minimum atomic E-state index is -0.499. The highest BCUT2D eigenvalue weighted by Crippen LogP contribution is 1.91. The second kappa shape index (κ2) is 8.17. The first-order chi connectivity index (χ1) is 6.56. The largest absolute Gasteiger partial charge is 0.392 e. The first kappa shape index (κ1) is 13.8. The third kappa shape index (κ3) is 8.44. The zero-order valence-electron chi connectivity index (χ0n) is 9.36. The summed E-state index contributed by atoms with van der Waals surface area (Å²) in [5.74, 6) is 0. The minimum absolute atomic E-state index is 0.144. The molecule has 0 radical (unpaired) electrons. The average Bonchev–Trinajstić information content (AvgIpc) is 2.14. The van der Waals surface area contributed by atoms with E-state index < -0.39 is 6.10 Å². The first-order valence-corrected chi connectivity index (χ1v) is 5.24. The van der Waals surface area contributed by atoms with Gasteiger partial charge < -0.3 is 20.3 Å². The molecule has 0 aromatic heterocycles. The lowest BCUT2D eigenvalue weighted by atomic mass is 10.2. The van der Waals surface area contributed by atoms with E-state index in [-0.39, 0.29) is 12.2 Å². The van der Waals surface area contributed by atoms with Crippen molar-refractivity contribution in [3.8, 4) is 0 Å². The summed E-state index contributed by atoms with van der Waals surface area (Å²) in [6.45, 7) is 7.11. The third-order valence-corrected chi connectivity index (χ3v) is 1.85. The Balaban J connectivity index is 3.30. The van der Waals surface area contributed by atoms with Crippen LogP contribution in [0.15, 0.2) is 0 Å². The fourth-order valence-corrected chi connectivity index (χ4v) is 0.923. The fourth-order valence-electron chi connectivity index (χ4n) is 0.923. The van der Waals surface area contributed by atoms with Crippen molar-refractivity contribution in [3.63, 3.8) is 0 Å². The smallest absolute Gasteiger partial charge is 0.0897 e. The van der Waals surface area contributed by atoms with Crippen LogP contribution in [0.25, 0.3) is 0 Å². The standard InChI is InChI=1S/C10H23NO3/c1-4-9(12)5-11-6-10(13)7-14-8(2)3/h8-13H,4-7H2,1-3H3. The van der Waals surface area contributed by atoms with Crippen LogP contribution in [-0.4, -0.2) is 48.2 Å². The molecular formula is C10H23NO3. The van der Waals surface area contributed by atoms with Crippen molar-refractivity contribution in [2.75, 3.05) is 19.7 Å². The average molecular weight is 205 g/mol. The molecule has 0 aliphatic carbocycles.